The summed E-state index contributed by atoms with van der Waals surface area (Å²) in [5, 5.41) is 3.12. The summed E-state index contributed by atoms with van der Waals surface area (Å²) in [6.45, 7) is 3.52. The van der Waals surface area contributed by atoms with Gasteiger partial charge in [0.25, 0.3) is 5.91 Å². The van der Waals surface area contributed by atoms with Gasteiger partial charge in [0.2, 0.25) is 12.7 Å². The van der Waals surface area contributed by atoms with Crippen LogP contribution in [0.3, 0.4) is 0 Å². The first-order chi connectivity index (χ1) is 14.1. The third-order valence-electron chi connectivity index (χ3n) is 5.53. The predicted octanol–water partition coefficient (Wildman–Crippen LogP) is 3.08. The van der Waals surface area contributed by atoms with Crippen molar-refractivity contribution in [2.75, 3.05) is 19.9 Å². The van der Waals surface area contributed by atoms with Gasteiger partial charge in [-0.3, -0.25) is 9.59 Å². The Morgan fingerprint density at radius 2 is 1.76 bits per heavy atom. The smallest absolute Gasteiger partial charge is 0.253 e. The molecule has 2 amide bonds. The number of aryl methyl sites for hydroxylation is 2. The van der Waals surface area contributed by atoms with E-state index in [0.717, 1.165) is 19.3 Å². The number of likely N-dealkylation sites (tertiary alicyclic amines) is 1. The lowest BCUT2D eigenvalue weighted by Gasteiger charge is -2.32. The van der Waals surface area contributed by atoms with Crippen molar-refractivity contribution in [3.05, 3.63) is 59.2 Å². The second-order valence-corrected chi connectivity index (χ2v) is 7.69. The third kappa shape index (κ3) is 4.70. The fourth-order valence-corrected chi connectivity index (χ4v) is 3.75. The van der Waals surface area contributed by atoms with Gasteiger partial charge < -0.3 is 19.7 Å². The van der Waals surface area contributed by atoms with Gasteiger partial charge in [-0.2, -0.15) is 0 Å². The van der Waals surface area contributed by atoms with E-state index in [1.807, 2.05) is 4.90 Å². The molecule has 1 saturated heterocycles. The minimum Gasteiger partial charge on any atom is -0.454 e. The molecular weight excluding hydrogens is 368 g/mol. The van der Waals surface area contributed by atoms with E-state index in [2.05, 4.69) is 36.5 Å². The molecule has 2 aromatic carbocycles. The Kier molecular flexibility index (Phi) is 5.69. The van der Waals surface area contributed by atoms with Crippen LogP contribution < -0.4 is 14.8 Å². The van der Waals surface area contributed by atoms with Crippen molar-refractivity contribution in [1.82, 2.24) is 10.2 Å². The van der Waals surface area contributed by atoms with Crippen LogP contribution in [0.25, 0.3) is 0 Å². The SMILES string of the molecule is Cc1ccc(CCC(=O)NC2CCN(C(=O)c3ccc4c(c3)OCO4)CC2)cc1. The summed E-state index contributed by atoms with van der Waals surface area (Å²) in [5.74, 6) is 1.36. The van der Waals surface area contributed by atoms with Gasteiger partial charge in [0.15, 0.2) is 11.5 Å². The zero-order valence-corrected chi connectivity index (χ0v) is 16.6. The average molecular weight is 394 g/mol. The minimum absolute atomic E-state index is 0.00699. The molecule has 0 atom stereocenters. The van der Waals surface area contributed by atoms with E-state index in [0.29, 0.717) is 36.6 Å². The fraction of sp³-hybridized carbons (Fsp3) is 0.391. The number of hydrogen-bond donors (Lipinski definition) is 1. The lowest BCUT2D eigenvalue weighted by atomic mass is 10.0. The Bertz CT molecular complexity index is 886. The largest absolute Gasteiger partial charge is 0.454 e. The average Bonchev–Trinajstić information content (AvgIpc) is 3.21. The number of nitrogens with zero attached hydrogens (tertiary/aromatic N) is 1. The van der Waals surface area contributed by atoms with Crippen molar-refractivity contribution in [2.45, 2.75) is 38.6 Å². The Hall–Kier alpha value is -3.02. The highest BCUT2D eigenvalue weighted by Gasteiger charge is 2.26. The summed E-state index contributed by atoms with van der Waals surface area (Å²) in [7, 11) is 0. The fourth-order valence-electron chi connectivity index (χ4n) is 3.75. The van der Waals surface area contributed by atoms with Gasteiger partial charge in [0.1, 0.15) is 0 Å². The van der Waals surface area contributed by atoms with Gasteiger partial charge in [0, 0.05) is 31.1 Å². The standard InChI is InChI=1S/C23H26N2O4/c1-16-2-4-17(5-3-16)6-9-22(26)24-19-10-12-25(13-11-19)23(27)18-7-8-20-21(14-18)29-15-28-20/h2-5,7-8,14,19H,6,9-13,15H2,1H3,(H,24,26). The number of rotatable bonds is 5. The van der Waals surface area contributed by atoms with E-state index in [1.165, 1.54) is 11.1 Å². The van der Waals surface area contributed by atoms with E-state index >= 15 is 0 Å². The summed E-state index contributed by atoms with van der Waals surface area (Å²) < 4.78 is 10.7. The molecule has 0 saturated carbocycles. The maximum absolute atomic E-state index is 12.8. The number of piperidine rings is 1. The predicted molar refractivity (Wildman–Crippen MR) is 109 cm³/mol. The molecule has 2 aliphatic rings. The van der Waals surface area contributed by atoms with E-state index in [1.54, 1.807) is 18.2 Å². The molecule has 29 heavy (non-hydrogen) atoms. The van der Waals surface area contributed by atoms with Crippen molar-refractivity contribution in [3.63, 3.8) is 0 Å². The van der Waals surface area contributed by atoms with Gasteiger partial charge in [-0.25, -0.2) is 0 Å². The number of carbonyl (C=O) groups is 2. The van der Waals surface area contributed by atoms with Crippen molar-refractivity contribution in [1.29, 1.82) is 0 Å². The normalized spacial score (nSPS) is 16.0. The summed E-state index contributed by atoms with van der Waals surface area (Å²) >= 11 is 0. The molecule has 0 aromatic heterocycles. The van der Waals surface area contributed by atoms with Gasteiger partial charge in [-0.15, -0.1) is 0 Å². The molecule has 0 spiro atoms. The Labute approximate surface area is 170 Å². The van der Waals surface area contributed by atoms with E-state index in [4.69, 9.17) is 9.47 Å². The number of ether oxygens (including phenoxy) is 2. The van der Waals surface area contributed by atoms with Crippen LogP contribution in [0.2, 0.25) is 0 Å². The molecular formula is C23H26N2O4. The lowest BCUT2D eigenvalue weighted by molar-refractivity contribution is -0.122. The highest BCUT2D eigenvalue weighted by atomic mass is 16.7. The van der Waals surface area contributed by atoms with Gasteiger partial charge >= 0.3 is 0 Å². The Morgan fingerprint density at radius 1 is 1.03 bits per heavy atom. The summed E-state index contributed by atoms with van der Waals surface area (Å²) in [6.07, 6.45) is 2.77. The lowest BCUT2D eigenvalue weighted by Crippen LogP contribution is -2.46. The van der Waals surface area contributed by atoms with Crippen molar-refractivity contribution in [2.24, 2.45) is 0 Å². The molecule has 2 aliphatic heterocycles. The summed E-state index contributed by atoms with van der Waals surface area (Å²) in [6, 6.07) is 13.7. The van der Waals surface area contributed by atoms with Crippen LogP contribution in [0.4, 0.5) is 0 Å². The van der Waals surface area contributed by atoms with Crippen LogP contribution in [0.1, 0.15) is 40.7 Å². The maximum Gasteiger partial charge on any atom is 0.253 e. The second-order valence-electron chi connectivity index (χ2n) is 7.69. The first-order valence-electron chi connectivity index (χ1n) is 10.1. The van der Waals surface area contributed by atoms with Gasteiger partial charge in [-0.05, 0) is 49.9 Å². The number of nitrogens with one attached hydrogen (secondary N) is 1. The topological polar surface area (TPSA) is 67.9 Å². The molecule has 0 unspecified atom stereocenters. The summed E-state index contributed by atoms with van der Waals surface area (Å²) in [4.78, 5) is 26.9. The molecule has 1 fully saturated rings. The molecule has 2 aromatic rings. The number of benzene rings is 2. The molecule has 0 bridgehead atoms. The minimum atomic E-state index is -0.00699. The number of amides is 2. The number of carbonyl (C=O) groups excluding carboxylic acids is 2. The quantitative estimate of drug-likeness (QED) is 0.846. The van der Waals surface area contributed by atoms with Crippen molar-refractivity contribution in [3.8, 4) is 11.5 Å². The molecule has 0 aliphatic carbocycles. The van der Waals surface area contributed by atoms with Crippen LogP contribution in [-0.4, -0.2) is 42.6 Å². The first-order valence-corrected chi connectivity index (χ1v) is 10.1. The van der Waals surface area contributed by atoms with Crippen LogP contribution >= 0.6 is 0 Å². The van der Waals surface area contributed by atoms with Crippen molar-refractivity contribution >= 4 is 11.8 Å². The number of fused-ring (bicyclic) bond motifs is 1. The second kappa shape index (κ2) is 8.55. The van der Waals surface area contributed by atoms with Crippen LogP contribution in [0.5, 0.6) is 11.5 Å². The number of hydrogen-bond acceptors (Lipinski definition) is 4. The monoisotopic (exact) mass is 394 g/mol. The highest BCUT2D eigenvalue weighted by Crippen LogP contribution is 2.33. The molecule has 152 valence electrons. The Morgan fingerprint density at radius 3 is 2.52 bits per heavy atom. The highest BCUT2D eigenvalue weighted by molar-refractivity contribution is 5.95. The molecule has 4 rings (SSSR count). The van der Waals surface area contributed by atoms with E-state index in [-0.39, 0.29) is 24.6 Å². The van der Waals surface area contributed by atoms with E-state index < -0.39 is 0 Å². The zero-order valence-electron chi connectivity index (χ0n) is 16.6. The van der Waals surface area contributed by atoms with Gasteiger partial charge in [0.05, 0.1) is 0 Å². The van der Waals surface area contributed by atoms with Crippen LogP contribution in [0.15, 0.2) is 42.5 Å². The zero-order chi connectivity index (χ0) is 20.2. The maximum atomic E-state index is 12.8. The molecule has 0 radical (unpaired) electrons. The van der Waals surface area contributed by atoms with Crippen LogP contribution in [-0.2, 0) is 11.2 Å². The summed E-state index contributed by atoms with van der Waals surface area (Å²) in [5.41, 5.74) is 3.00. The van der Waals surface area contributed by atoms with Crippen LogP contribution in [0, 0.1) is 6.92 Å². The molecule has 6 nitrogen and oxygen atoms in total. The molecule has 1 N–H and O–H groups in total. The first kappa shape index (κ1) is 19.3. The van der Waals surface area contributed by atoms with Crippen molar-refractivity contribution < 1.29 is 19.1 Å². The molecule has 6 heteroatoms. The van der Waals surface area contributed by atoms with Gasteiger partial charge in [-0.1, -0.05) is 29.8 Å². The third-order valence-corrected chi connectivity index (χ3v) is 5.53. The van der Waals surface area contributed by atoms with E-state index in [9.17, 15) is 9.59 Å². The Balaban J connectivity index is 1.23. The molecule has 2 heterocycles.